The van der Waals surface area contributed by atoms with Crippen LogP contribution in [0.4, 0.5) is 13.2 Å². The van der Waals surface area contributed by atoms with E-state index < -0.39 is 18.4 Å². The zero-order valence-electron chi connectivity index (χ0n) is 9.46. The van der Waals surface area contributed by atoms with Gasteiger partial charge in [-0.1, -0.05) is 27.7 Å². The second-order valence-corrected chi connectivity index (χ2v) is 4.74. The molecule has 4 heteroatoms. The van der Waals surface area contributed by atoms with Gasteiger partial charge in [-0.05, 0) is 18.8 Å². The topological polar surface area (TPSA) is 9.23 Å². The summed E-state index contributed by atoms with van der Waals surface area (Å²) in [5.41, 5.74) is -1.03. The van der Waals surface area contributed by atoms with Crippen LogP contribution >= 0.6 is 0 Å². The van der Waals surface area contributed by atoms with E-state index in [1.807, 2.05) is 27.7 Å². The second kappa shape index (κ2) is 4.09. The van der Waals surface area contributed by atoms with Crippen molar-refractivity contribution in [1.29, 1.82) is 0 Å². The molecule has 0 aromatic carbocycles. The minimum absolute atomic E-state index is 0.299. The zero-order valence-corrected chi connectivity index (χ0v) is 9.46. The van der Waals surface area contributed by atoms with E-state index in [1.165, 1.54) is 0 Å². The van der Waals surface area contributed by atoms with E-state index in [1.54, 1.807) is 6.92 Å². The standard InChI is InChI=1S/C10H19F3O/c1-6-9(5,8(2,3)4)14-7-10(11,12)13/h6-7H2,1-5H3. The molecule has 0 fully saturated rings. The molecule has 0 heterocycles. The summed E-state index contributed by atoms with van der Waals surface area (Å²) in [4.78, 5) is 0. The Hall–Kier alpha value is -0.250. The van der Waals surface area contributed by atoms with Crippen LogP contribution < -0.4 is 0 Å². The summed E-state index contributed by atoms with van der Waals surface area (Å²) in [6.07, 6.45) is -3.69. The Bertz CT molecular complexity index is 181. The van der Waals surface area contributed by atoms with Gasteiger partial charge in [0.1, 0.15) is 6.61 Å². The molecule has 0 aliphatic carbocycles. The maximum atomic E-state index is 12.0. The third kappa shape index (κ3) is 3.86. The fraction of sp³-hybridized carbons (Fsp3) is 1.00. The summed E-state index contributed by atoms with van der Waals surface area (Å²) in [7, 11) is 0. The van der Waals surface area contributed by atoms with Crippen molar-refractivity contribution in [3.8, 4) is 0 Å². The van der Waals surface area contributed by atoms with Crippen molar-refractivity contribution in [2.24, 2.45) is 5.41 Å². The van der Waals surface area contributed by atoms with Crippen molar-refractivity contribution in [3.05, 3.63) is 0 Å². The molecule has 0 saturated carbocycles. The van der Waals surface area contributed by atoms with Gasteiger partial charge in [0.05, 0.1) is 5.60 Å². The number of ether oxygens (including phenoxy) is 1. The molecule has 0 radical (unpaired) electrons. The molecule has 0 spiro atoms. The van der Waals surface area contributed by atoms with Gasteiger partial charge in [0.25, 0.3) is 0 Å². The molecule has 0 aliphatic heterocycles. The van der Waals surface area contributed by atoms with E-state index in [-0.39, 0.29) is 5.41 Å². The van der Waals surface area contributed by atoms with Gasteiger partial charge in [-0.3, -0.25) is 0 Å². The van der Waals surface area contributed by atoms with Crippen molar-refractivity contribution >= 4 is 0 Å². The van der Waals surface area contributed by atoms with E-state index in [0.717, 1.165) is 0 Å². The summed E-state index contributed by atoms with van der Waals surface area (Å²) in [6, 6.07) is 0. The first-order valence-corrected chi connectivity index (χ1v) is 4.72. The lowest BCUT2D eigenvalue weighted by atomic mass is 9.76. The van der Waals surface area contributed by atoms with Crippen molar-refractivity contribution in [2.75, 3.05) is 6.61 Å². The van der Waals surface area contributed by atoms with Gasteiger partial charge >= 0.3 is 6.18 Å². The first-order valence-electron chi connectivity index (χ1n) is 4.72. The highest BCUT2D eigenvalue weighted by atomic mass is 19.4. The highest BCUT2D eigenvalue weighted by molar-refractivity contribution is 4.87. The zero-order chi connectivity index (χ0) is 11.6. The Balaban J connectivity index is 4.43. The average molecular weight is 212 g/mol. The molecule has 0 N–H and O–H groups in total. The highest BCUT2D eigenvalue weighted by Crippen LogP contribution is 2.37. The highest BCUT2D eigenvalue weighted by Gasteiger charge is 2.40. The molecule has 0 saturated heterocycles. The van der Waals surface area contributed by atoms with Gasteiger partial charge in [0.2, 0.25) is 0 Å². The lowest BCUT2D eigenvalue weighted by Gasteiger charge is -2.41. The molecule has 0 amide bonds. The summed E-state index contributed by atoms with van der Waals surface area (Å²) in [5, 5.41) is 0. The van der Waals surface area contributed by atoms with Gasteiger partial charge < -0.3 is 4.74 Å². The Morgan fingerprint density at radius 1 is 1.00 bits per heavy atom. The van der Waals surface area contributed by atoms with Gasteiger partial charge in [-0.25, -0.2) is 0 Å². The fourth-order valence-corrected chi connectivity index (χ4v) is 1.09. The lowest BCUT2D eigenvalue weighted by Crippen LogP contribution is -2.44. The maximum Gasteiger partial charge on any atom is 0.411 e. The minimum Gasteiger partial charge on any atom is -0.365 e. The molecular weight excluding hydrogens is 193 g/mol. The number of alkyl halides is 3. The smallest absolute Gasteiger partial charge is 0.365 e. The van der Waals surface area contributed by atoms with Crippen LogP contribution in [-0.4, -0.2) is 18.4 Å². The molecular formula is C10H19F3O. The SMILES string of the molecule is CCC(C)(OCC(F)(F)F)C(C)(C)C. The van der Waals surface area contributed by atoms with Crippen molar-refractivity contribution in [2.45, 2.75) is 52.8 Å². The molecule has 0 aromatic rings. The van der Waals surface area contributed by atoms with E-state index in [2.05, 4.69) is 0 Å². The van der Waals surface area contributed by atoms with Crippen molar-refractivity contribution < 1.29 is 17.9 Å². The predicted octanol–water partition coefficient (Wildman–Crippen LogP) is 3.78. The number of hydrogen-bond donors (Lipinski definition) is 0. The Morgan fingerprint density at radius 3 is 1.64 bits per heavy atom. The first-order chi connectivity index (χ1) is 6.02. The molecule has 0 rings (SSSR count). The summed E-state index contributed by atoms with van der Waals surface area (Å²) in [5.74, 6) is 0. The second-order valence-electron chi connectivity index (χ2n) is 4.74. The molecule has 1 atom stereocenters. The molecule has 0 aliphatic rings. The lowest BCUT2D eigenvalue weighted by molar-refractivity contribution is -0.221. The van der Waals surface area contributed by atoms with Crippen molar-refractivity contribution in [1.82, 2.24) is 0 Å². The first kappa shape index (κ1) is 13.8. The number of rotatable bonds is 3. The van der Waals surface area contributed by atoms with Crippen LogP contribution in [0, 0.1) is 5.41 Å². The summed E-state index contributed by atoms with van der Waals surface area (Å²) >= 11 is 0. The van der Waals surface area contributed by atoms with E-state index >= 15 is 0 Å². The molecule has 1 nitrogen and oxygen atoms in total. The monoisotopic (exact) mass is 212 g/mol. The molecule has 14 heavy (non-hydrogen) atoms. The van der Waals surface area contributed by atoms with Gasteiger partial charge in [-0.15, -0.1) is 0 Å². The van der Waals surface area contributed by atoms with Gasteiger partial charge in [-0.2, -0.15) is 13.2 Å². The van der Waals surface area contributed by atoms with Crippen LogP contribution in [0.15, 0.2) is 0 Å². The molecule has 0 bridgehead atoms. The van der Waals surface area contributed by atoms with Crippen LogP contribution in [0.5, 0.6) is 0 Å². The Kier molecular flexibility index (Phi) is 4.02. The third-order valence-electron chi connectivity index (χ3n) is 2.82. The van der Waals surface area contributed by atoms with Gasteiger partial charge in [0, 0.05) is 0 Å². The largest absolute Gasteiger partial charge is 0.411 e. The van der Waals surface area contributed by atoms with Crippen LogP contribution in [0.25, 0.3) is 0 Å². The Morgan fingerprint density at radius 2 is 1.43 bits per heavy atom. The van der Waals surface area contributed by atoms with Crippen LogP contribution in [-0.2, 0) is 4.74 Å². The van der Waals surface area contributed by atoms with E-state index in [9.17, 15) is 13.2 Å². The van der Waals surface area contributed by atoms with Crippen molar-refractivity contribution in [3.63, 3.8) is 0 Å². The summed E-state index contributed by atoms with van der Waals surface area (Å²) < 4.78 is 40.9. The van der Waals surface area contributed by atoms with Gasteiger partial charge in [0.15, 0.2) is 0 Å². The van der Waals surface area contributed by atoms with E-state index in [0.29, 0.717) is 6.42 Å². The quantitative estimate of drug-likeness (QED) is 0.691. The predicted molar refractivity (Wildman–Crippen MR) is 50.2 cm³/mol. The van der Waals surface area contributed by atoms with Crippen LogP contribution in [0.3, 0.4) is 0 Å². The normalized spacial score (nSPS) is 18.0. The maximum absolute atomic E-state index is 12.0. The fourth-order valence-electron chi connectivity index (χ4n) is 1.09. The molecule has 1 unspecified atom stereocenters. The summed E-state index contributed by atoms with van der Waals surface area (Å²) in [6.45, 7) is 8.03. The number of hydrogen-bond acceptors (Lipinski definition) is 1. The minimum atomic E-state index is -4.25. The van der Waals surface area contributed by atoms with Crippen LogP contribution in [0.2, 0.25) is 0 Å². The Labute approximate surface area is 83.6 Å². The van der Waals surface area contributed by atoms with Crippen LogP contribution in [0.1, 0.15) is 41.0 Å². The van der Waals surface area contributed by atoms with E-state index in [4.69, 9.17) is 4.74 Å². The molecule has 0 aromatic heterocycles. The molecule has 86 valence electrons. The third-order valence-corrected chi connectivity index (χ3v) is 2.82. The number of halogens is 3. The average Bonchev–Trinajstić information content (AvgIpc) is 1.96.